The molecule has 1 fully saturated rings. The predicted octanol–water partition coefficient (Wildman–Crippen LogP) is 1.75. The average Bonchev–Trinajstić information content (AvgIpc) is 2.52. The lowest BCUT2D eigenvalue weighted by Crippen LogP contribution is -2.03. The van der Waals surface area contributed by atoms with Crippen LogP contribution in [0.1, 0.15) is 27.7 Å². The highest BCUT2D eigenvalue weighted by Gasteiger charge is 2.61. The molecule has 0 aromatic rings. The Balaban J connectivity index is 2.49. The number of oxime groups is 1. The Kier molecular flexibility index (Phi) is 2.83. The van der Waals surface area contributed by atoms with Gasteiger partial charge in [-0.05, 0) is 19.3 Å². The summed E-state index contributed by atoms with van der Waals surface area (Å²) < 4.78 is 0. The normalized spacial score (nSPS) is 29.5. The summed E-state index contributed by atoms with van der Waals surface area (Å²) in [5.74, 6) is -1.07. The van der Waals surface area contributed by atoms with E-state index in [0.717, 1.165) is 0 Å². The lowest BCUT2D eigenvalue weighted by Gasteiger charge is -2.00. The highest BCUT2D eigenvalue weighted by Crippen LogP contribution is 2.57. The van der Waals surface area contributed by atoms with Crippen LogP contribution in [0, 0.1) is 17.3 Å². The quantitative estimate of drug-likeness (QED) is 0.554. The molecule has 1 N–H and O–H groups in total. The minimum atomic E-state index is -0.754. The van der Waals surface area contributed by atoms with E-state index in [4.69, 9.17) is 9.94 Å². The number of carbonyl (C=O) groups is 1. The van der Waals surface area contributed by atoms with Crippen molar-refractivity contribution in [2.75, 3.05) is 0 Å². The highest BCUT2D eigenvalue weighted by atomic mass is 16.6. The van der Waals surface area contributed by atoms with Crippen LogP contribution in [0.25, 0.3) is 0 Å². The molecule has 4 nitrogen and oxygen atoms in total. The molecule has 0 bridgehead atoms. The smallest absolute Gasteiger partial charge is 0.307 e. The molecule has 4 heteroatoms. The molecule has 0 heterocycles. The van der Waals surface area contributed by atoms with E-state index < -0.39 is 5.97 Å². The number of aliphatic carboxylic acids is 1. The van der Waals surface area contributed by atoms with Gasteiger partial charge in [0.15, 0.2) is 0 Å². The molecule has 0 aliphatic heterocycles. The fourth-order valence-electron chi connectivity index (χ4n) is 1.65. The molecule has 80 valence electrons. The van der Waals surface area contributed by atoms with Gasteiger partial charge in [-0.2, -0.15) is 0 Å². The highest BCUT2D eigenvalue weighted by molar-refractivity contribution is 5.84. The van der Waals surface area contributed by atoms with Crippen molar-refractivity contribution in [3.05, 3.63) is 0 Å². The Morgan fingerprint density at radius 1 is 1.57 bits per heavy atom. The van der Waals surface area contributed by atoms with Crippen LogP contribution in [-0.4, -0.2) is 23.4 Å². The van der Waals surface area contributed by atoms with E-state index in [9.17, 15) is 4.79 Å². The standard InChI is InChI=1S/C10H17NO3/c1-6(2)14-11-5-7-8(9(12)13)10(7,3)4/h5-8H,1-4H3,(H,12,13)/t7?,8-/m0/s1. The molecule has 1 rings (SSSR count). The first kappa shape index (κ1) is 11.0. The summed E-state index contributed by atoms with van der Waals surface area (Å²) >= 11 is 0. The van der Waals surface area contributed by atoms with Gasteiger partial charge in [-0.15, -0.1) is 0 Å². The second-order valence-corrected chi connectivity index (χ2v) is 4.57. The molecular formula is C10H17NO3. The zero-order valence-corrected chi connectivity index (χ0v) is 9.02. The van der Waals surface area contributed by atoms with Gasteiger partial charge in [0.1, 0.15) is 6.10 Å². The number of hydrogen-bond acceptors (Lipinski definition) is 3. The molecule has 0 spiro atoms. The minimum absolute atomic E-state index is 0.00116. The van der Waals surface area contributed by atoms with E-state index in [1.54, 1.807) is 6.21 Å². The van der Waals surface area contributed by atoms with E-state index in [2.05, 4.69) is 5.16 Å². The van der Waals surface area contributed by atoms with Crippen molar-refractivity contribution >= 4 is 12.2 Å². The molecular weight excluding hydrogens is 182 g/mol. The van der Waals surface area contributed by atoms with Crippen LogP contribution in [0.5, 0.6) is 0 Å². The first-order chi connectivity index (χ1) is 6.37. The maximum Gasteiger partial charge on any atom is 0.307 e. The second kappa shape index (κ2) is 3.59. The Morgan fingerprint density at radius 2 is 2.14 bits per heavy atom. The second-order valence-electron chi connectivity index (χ2n) is 4.57. The summed E-state index contributed by atoms with van der Waals surface area (Å²) in [6, 6.07) is 0. The van der Waals surface area contributed by atoms with Crippen molar-refractivity contribution in [2.24, 2.45) is 22.4 Å². The van der Waals surface area contributed by atoms with Crippen molar-refractivity contribution in [3.8, 4) is 0 Å². The van der Waals surface area contributed by atoms with Crippen molar-refractivity contribution in [1.82, 2.24) is 0 Å². The Labute approximate surface area is 83.9 Å². The van der Waals surface area contributed by atoms with Gasteiger partial charge in [0.25, 0.3) is 0 Å². The predicted molar refractivity (Wildman–Crippen MR) is 53.1 cm³/mol. The van der Waals surface area contributed by atoms with Crippen LogP contribution in [-0.2, 0) is 9.63 Å². The number of hydrogen-bond donors (Lipinski definition) is 1. The first-order valence-electron chi connectivity index (χ1n) is 4.79. The van der Waals surface area contributed by atoms with E-state index in [1.165, 1.54) is 0 Å². The molecule has 1 saturated carbocycles. The summed E-state index contributed by atoms with van der Waals surface area (Å²) in [5.41, 5.74) is -0.185. The number of carboxylic acid groups (broad SMARTS) is 1. The molecule has 1 unspecified atom stereocenters. The van der Waals surface area contributed by atoms with E-state index >= 15 is 0 Å². The van der Waals surface area contributed by atoms with Gasteiger partial charge >= 0.3 is 5.97 Å². The van der Waals surface area contributed by atoms with E-state index in [-0.39, 0.29) is 23.4 Å². The van der Waals surface area contributed by atoms with Crippen LogP contribution in [0.15, 0.2) is 5.16 Å². The van der Waals surface area contributed by atoms with E-state index in [1.807, 2.05) is 27.7 Å². The summed E-state index contributed by atoms with van der Waals surface area (Å²) in [4.78, 5) is 15.8. The SMILES string of the molecule is CC(C)ON=CC1[C@@H](C(=O)O)C1(C)C. The summed E-state index contributed by atoms with van der Waals surface area (Å²) in [5, 5.41) is 12.6. The number of carboxylic acids is 1. The van der Waals surface area contributed by atoms with Crippen molar-refractivity contribution in [1.29, 1.82) is 0 Å². The van der Waals surface area contributed by atoms with Gasteiger partial charge < -0.3 is 9.94 Å². The summed E-state index contributed by atoms with van der Waals surface area (Å²) in [7, 11) is 0. The third-order valence-electron chi connectivity index (χ3n) is 2.67. The number of nitrogens with zero attached hydrogens (tertiary/aromatic N) is 1. The maximum absolute atomic E-state index is 10.8. The fourth-order valence-corrected chi connectivity index (χ4v) is 1.65. The van der Waals surface area contributed by atoms with Crippen LogP contribution in [0.3, 0.4) is 0 Å². The van der Waals surface area contributed by atoms with Crippen LogP contribution in [0.2, 0.25) is 0 Å². The largest absolute Gasteiger partial charge is 0.481 e. The van der Waals surface area contributed by atoms with Gasteiger partial charge in [0.2, 0.25) is 0 Å². The topological polar surface area (TPSA) is 58.9 Å². The zero-order chi connectivity index (χ0) is 10.9. The zero-order valence-electron chi connectivity index (χ0n) is 9.02. The third kappa shape index (κ3) is 2.05. The van der Waals surface area contributed by atoms with Gasteiger partial charge in [-0.3, -0.25) is 4.79 Å². The number of rotatable bonds is 4. The van der Waals surface area contributed by atoms with E-state index in [0.29, 0.717) is 0 Å². The Hall–Kier alpha value is -1.06. The van der Waals surface area contributed by atoms with Crippen LogP contribution < -0.4 is 0 Å². The fraction of sp³-hybridized carbons (Fsp3) is 0.800. The third-order valence-corrected chi connectivity index (χ3v) is 2.67. The summed E-state index contributed by atoms with van der Waals surface area (Å²) in [6.07, 6.45) is 1.65. The molecule has 0 saturated heterocycles. The average molecular weight is 199 g/mol. The molecule has 1 aliphatic rings. The van der Waals surface area contributed by atoms with Crippen molar-refractivity contribution in [2.45, 2.75) is 33.8 Å². The lowest BCUT2D eigenvalue weighted by atomic mass is 10.1. The van der Waals surface area contributed by atoms with Gasteiger partial charge in [0.05, 0.1) is 5.92 Å². The monoisotopic (exact) mass is 199 g/mol. The van der Waals surface area contributed by atoms with Crippen molar-refractivity contribution in [3.63, 3.8) is 0 Å². The molecule has 14 heavy (non-hydrogen) atoms. The van der Waals surface area contributed by atoms with Crippen LogP contribution >= 0.6 is 0 Å². The van der Waals surface area contributed by atoms with Gasteiger partial charge in [0, 0.05) is 12.1 Å². The maximum atomic E-state index is 10.8. The summed E-state index contributed by atoms with van der Waals surface area (Å²) in [6.45, 7) is 7.61. The molecule has 0 aromatic carbocycles. The Bertz CT molecular complexity index is 258. The Morgan fingerprint density at radius 3 is 2.50 bits per heavy atom. The molecule has 0 radical (unpaired) electrons. The molecule has 0 aromatic heterocycles. The minimum Gasteiger partial charge on any atom is -0.481 e. The first-order valence-corrected chi connectivity index (χ1v) is 4.79. The lowest BCUT2D eigenvalue weighted by molar-refractivity contribution is -0.139. The van der Waals surface area contributed by atoms with Crippen LogP contribution in [0.4, 0.5) is 0 Å². The van der Waals surface area contributed by atoms with Gasteiger partial charge in [-0.25, -0.2) is 0 Å². The van der Waals surface area contributed by atoms with Crippen molar-refractivity contribution < 1.29 is 14.7 Å². The molecule has 1 aliphatic carbocycles. The molecule has 2 atom stereocenters. The molecule has 0 amide bonds. The van der Waals surface area contributed by atoms with Gasteiger partial charge in [-0.1, -0.05) is 19.0 Å².